The lowest BCUT2D eigenvalue weighted by Gasteiger charge is -2.12. The normalized spacial score (nSPS) is 10.8. The Morgan fingerprint density at radius 3 is 2.85 bits per heavy atom. The lowest BCUT2D eigenvalue weighted by molar-refractivity contribution is 0.0701. The molecule has 7 heteroatoms. The van der Waals surface area contributed by atoms with Gasteiger partial charge in [0.25, 0.3) is 5.56 Å². The molecule has 0 saturated heterocycles. The molecule has 0 aliphatic heterocycles. The summed E-state index contributed by atoms with van der Waals surface area (Å²) in [6.07, 6.45) is 1.43. The molecule has 0 unspecified atom stereocenters. The highest BCUT2D eigenvalue weighted by molar-refractivity contribution is 7.20. The van der Waals surface area contributed by atoms with Gasteiger partial charge in [-0.1, -0.05) is 19.1 Å². The molecule has 6 nitrogen and oxygen atoms in total. The van der Waals surface area contributed by atoms with Gasteiger partial charge in [-0.3, -0.25) is 9.36 Å². The number of rotatable bonds is 5. The van der Waals surface area contributed by atoms with E-state index in [0.717, 1.165) is 23.3 Å². The number of fused-ring (bicyclic) bond motifs is 1. The Kier molecular flexibility index (Phi) is 4.87. The van der Waals surface area contributed by atoms with Gasteiger partial charge in [-0.05, 0) is 36.6 Å². The molecule has 0 amide bonds. The number of carboxylic acids is 1. The van der Waals surface area contributed by atoms with Crippen LogP contribution in [0.1, 0.15) is 45.5 Å². The molecule has 0 spiro atoms. The fourth-order valence-electron chi connectivity index (χ4n) is 2.96. The number of aromatic nitrogens is 2. The van der Waals surface area contributed by atoms with Crippen LogP contribution < -0.4 is 5.56 Å². The summed E-state index contributed by atoms with van der Waals surface area (Å²) in [7, 11) is 0. The van der Waals surface area contributed by atoms with Crippen molar-refractivity contribution in [3.05, 3.63) is 62.0 Å². The molecule has 0 aliphatic carbocycles. The molecule has 26 heavy (non-hydrogen) atoms. The molecule has 0 aliphatic rings. The van der Waals surface area contributed by atoms with Gasteiger partial charge in [0, 0.05) is 6.42 Å². The van der Waals surface area contributed by atoms with Gasteiger partial charge >= 0.3 is 5.97 Å². The summed E-state index contributed by atoms with van der Waals surface area (Å²) in [4.78, 5) is 29.7. The van der Waals surface area contributed by atoms with Crippen molar-refractivity contribution < 1.29 is 9.90 Å². The Labute approximate surface area is 154 Å². The third kappa shape index (κ3) is 3.11. The molecular weight excluding hydrogens is 350 g/mol. The second kappa shape index (κ2) is 7.10. The standard InChI is InChI=1S/C19H17N3O3S/c1-3-5-14-21-17-15(11(2)16(26-17)19(24)25)18(23)22(14)10-13-7-4-6-12(8-13)9-20/h4,6-8H,3,5,10H2,1-2H3,(H,24,25). The maximum Gasteiger partial charge on any atom is 0.346 e. The SMILES string of the molecule is CCCc1nc2sc(C(=O)O)c(C)c2c(=O)n1Cc1cccc(C#N)c1. The molecule has 1 aromatic carbocycles. The van der Waals surface area contributed by atoms with Gasteiger partial charge < -0.3 is 5.11 Å². The number of aromatic carboxylic acids is 1. The van der Waals surface area contributed by atoms with Crippen LogP contribution in [-0.4, -0.2) is 20.6 Å². The van der Waals surface area contributed by atoms with E-state index in [1.165, 1.54) is 0 Å². The average Bonchev–Trinajstić information content (AvgIpc) is 2.95. The quantitative estimate of drug-likeness (QED) is 0.746. The van der Waals surface area contributed by atoms with E-state index < -0.39 is 5.97 Å². The predicted molar refractivity (Wildman–Crippen MR) is 99.8 cm³/mol. The third-order valence-corrected chi connectivity index (χ3v) is 5.37. The van der Waals surface area contributed by atoms with Crippen molar-refractivity contribution in [2.45, 2.75) is 33.2 Å². The van der Waals surface area contributed by atoms with Gasteiger partial charge in [-0.15, -0.1) is 11.3 Å². The van der Waals surface area contributed by atoms with Gasteiger partial charge in [-0.25, -0.2) is 9.78 Å². The van der Waals surface area contributed by atoms with Gasteiger partial charge in [0.05, 0.1) is 23.6 Å². The third-order valence-electron chi connectivity index (χ3n) is 4.19. The van der Waals surface area contributed by atoms with Crippen molar-refractivity contribution in [1.29, 1.82) is 5.26 Å². The van der Waals surface area contributed by atoms with Crippen molar-refractivity contribution in [2.24, 2.45) is 0 Å². The molecule has 0 saturated carbocycles. The van der Waals surface area contributed by atoms with Crippen molar-refractivity contribution in [3.8, 4) is 6.07 Å². The van der Waals surface area contributed by atoms with Crippen LogP contribution in [-0.2, 0) is 13.0 Å². The molecule has 1 N–H and O–H groups in total. The Balaban J connectivity index is 2.22. The number of nitriles is 1. The summed E-state index contributed by atoms with van der Waals surface area (Å²) < 4.78 is 1.59. The van der Waals surface area contributed by atoms with Crippen LogP contribution in [0, 0.1) is 18.3 Å². The number of benzene rings is 1. The van der Waals surface area contributed by atoms with E-state index in [2.05, 4.69) is 11.1 Å². The Bertz CT molecular complexity index is 1110. The topological polar surface area (TPSA) is 96.0 Å². The molecule has 2 heterocycles. The Morgan fingerprint density at radius 1 is 1.42 bits per heavy atom. The molecule has 0 fully saturated rings. The van der Waals surface area contributed by atoms with Crippen molar-refractivity contribution >= 4 is 27.5 Å². The zero-order valence-corrected chi connectivity index (χ0v) is 15.3. The summed E-state index contributed by atoms with van der Waals surface area (Å²) in [6.45, 7) is 3.94. The molecule has 3 rings (SSSR count). The fraction of sp³-hybridized carbons (Fsp3) is 0.263. The van der Waals surface area contributed by atoms with E-state index in [-0.39, 0.29) is 10.4 Å². The van der Waals surface area contributed by atoms with Gasteiger partial charge in [-0.2, -0.15) is 5.26 Å². The van der Waals surface area contributed by atoms with E-state index in [9.17, 15) is 14.7 Å². The van der Waals surface area contributed by atoms with Crippen LogP contribution in [0.2, 0.25) is 0 Å². The van der Waals surface area contributed by atoms with Gasteiger partial charge in [0.15, 0.2) is 0 Å². The van der Waals surface area contributed by atoms with E-state index in [0.29, 0.717) is 40.1 Å². The van der Waals surface area contributed by atoms with Crippen molar-refractivity contribution in [1.82, 2.24) is 9.55 Å². The number of thiophene rings is 1. The predicted octanol–water partition coefficient (Wildman–Crippen LogP) is 3.34. The molecule has 0 radical (unpaired) electrons. The summed E-state index contributed by atoms with van der Waals surface area (Å²) in [5.74, 6) is -0.416. The minimum atomic E-state index is -1.05. The molecule has 2 aromatic heterocycles. The van der Waals surface area contributed by atoms with Crippen LogP contribution in [0.3, 0.4) is 0 Å². The van der Waals surface area contributed by atoms with Crippen LogP contribution in [0.5, 0.6) is 0 Å². The number of nitrogens with zero attached hydrogens (tertiary/aromatic N) is 3. The molecule has 0 bridgehead atoms. The highest BCUT2D eigenvalue weighted by Gasteiger charge is 2.21. The Hall–Kier alpha value is -2.98. The van der Waals surface area contributed by atoms with E-state index in [1.807, 2.05) is 13.0 Å². The van der Waals surface area contributed by atoms with E-state index in [1.54, 1.807) is 29.7 Å². The molecular formula is C19H17N3O3S. The minimum Gasteiger partial charge on any atom is -0.477 e. The first-order valence-corrected chi connectivity index (χ1v) is 9.03. The number of hydrogen-bond acceptors (Lipinski definition) is 5. The van der Waals surface area contributed by atoms with E-state index in [4.69, 9.17) is 5.26 Å². The summed E-state index contributed by atoms with van der Waals surface area (Å²) in [6, 6.07) is 9.19. The molecule has 3 aromatic rings. The van der Waals surface area contributed by atoms with E-state index >= 15 is 0 Å². The van der Waals surface area contributed by atoms with Crippen LogP contribution in [0.4, 0.5) is 0 Å². The summed E-state index contributed by atoms with van der Waals surface area (Å²) in [5, 5.41) is 18.8. The first kappa shape index (κ1) is 17.8. The second-order valence-electron chi connectivity index (χ2n) is 6.02. The first-order chi connectivity index (χ1) is 12.5. The van der Waals surface area contributed by atoms with Gasteiger partial charge in [0.2, 0.25) is 0 Å². The highest BCUT2D eigenvalue weighted by Crippen LogP contribution is 2.27. The Morgan fingerprint density at radius 2 is 2.19 bits per heavy atom. The second-order valence-corrected chi connectivity index (χ2v) is 7.02. The first-order valence-electron chi connectivity index (χ1n) is 8.21. The average molecular weight is 367 g/mol. The zero-order chi connectivity index (χ0) is 18.8. The maximum atomic E-state index is 13.1. The number of hydrogen-bond donors (Lipinski definition) is 1. The number of carbonyl (C=O) groups is 1. The zero-order valence-electron chi connectivity index (χ0n) is 14.4. The number of aryl methyl sites for hydroxylation is 2. The molecule has 0 atom stereocenters. The maximum absolute atomic E-state index is 13.1. The smallest absolute Gasteiger partial charge is 0.346 e. The van der Waals surface area contributed by atoms with Crippen LogP contribution >= 0.6 is 11.3 Å². The fourth-order valence-corrected chi connectivity index (χ4v) is 3.99. The van der Waals surface area contributed by atoms with Crippen LogP contribution in [0.25, 0.3) is 10.2 Å². The number of carboxylic acid groups (broad SMARTS) is 1. The monoisotopic (exact) mass is 367 g/mol. The largest absolute Gasteiger partial charge is 0.477 e. The summed E-state index contributed by atoms with van der Waals surface area (Å²) in [5.41, 5.74) is 1.58. The van der Waals surface area contributed by atoms with Crippen molar-refractivity contribution in [3.63, 3.8) is 0 Å². The van der Waals surface area contributed by atoms with Crippen molar-refractivity contribution in [2.75, 3.05) is 0 Å². The van der Waals surface area contributed by atoms with Gasteiger partial charge in [0.1, 0.15) is 15.5 Å². The minimum absolute atomic E-state index is 0.149. The lowest BCUT2D eigenvalue weighted by atomic mass is 10.1. The lowest BCUT2D eigenvalue weighted by Crippen LogP contribution is -2.26. The summed E-state index contributed by atoms with van der Waals surface area (Å²) >= 11 is 1.04. The van der Waals surface area contributed by atoms with Crippen LogP contribution in [0.15, 0.2) is 29.1 Å². The highest BCUT2D eigenvalue weighted by atomic mass is 32.1. The molecule has 132 valence electrons.